The van der Waals surface area contributed by atoms with Gasteiger partial charge in [-0.3, -0.25) is 0 Å². The molecule has 1 heterocycles. The van der Waals surface area contributed by atoms with Gasteiger partial charge in [-0.2, -0.15) is 9.97 Å². The summed E-state index contributed by atoms with van der Waals surface area (Å²) in [7, 11) is 4.01. The Morgan fingerprint density at radius 3 is 2.67 bits per heavy atom. The Bertz CT molecular complexity index is 358. The monoisotopic (exact) mass is 255 g/mol. The molecule has 0 saturated heterocycles. The summed E-state index contributed by atoms with van der Waals surface area (Å²) in [6, 6.07) is 1.68. The van der Waals surface area contributed by atoms with E-state index in [0.717, 1.165) is 6.54 Å². The van der Waals surface area contributed by atoms with Gasteiger partial charge in [0.05, 0.1) is 13.2 Å². The lowest BCUT2D eigenvalue weighted by molar-refractivity contribution is 0.126. The van der Waals surface area contributed by atoms with Crippen LogP contribution in [0.4, 0.5) is 17.6 Å². The minimum Gasteiger partial charge on any atom is -0.378 e. The second kappa shape index (κ2) is 7.64. The number of likely N-dealkylation sites (N-methyl/N-ethyl adjacent to an activating group) is 1. The van der Waals surface area contributed by atoms with Crippen LogP contribution in [-0.4, -0.2) is 55.3 Å². The molecule has 6 N–H and O–H groups in total. The average Bonchev–Trinajstić information content (AvgIpc) is 2.32. The number of hydrogen-bond donors (Lipinski definition) is 4. The van der Waals surface area contributed by atoms with Crippen molar-refractivity contribution in [3.8, 4) is 0 Å². The fraction of sp³-hybridized carbons (Fsp3) is 0.600. The van der Waals surface area contributed by atoms with E-state index in [0.29, 0.717) is 31.4 Å². The second-order valence-corrected chi connectivity index (χ2v) is 3.98. The number of rotatable bonds is 8. The Hall–Kier alpha value is -1.64. The van der Waals surface area contributed by atoms with Crippen LogP contribution in [0.3, 0.4) is 0 Å². The summed E-state index contributed by atoms with van der Waals surface area (Å²) in [5, 5.41) is 3.08. The molecule has 0 radical (unpaired) electrons. The molecular formula is C10H21N7O. The molecule has 0 saturated carbocycles. The van der Waals surface area contributed by atoms with Gasteiger partial charge < -0.3 is 26.1 Å². The Balaban J connectivity index is 2.24. The maximum Gasteiger partial charge on any atom is 0.223 e. The van der Waals surface area contributed by atoms with Gasteiger partial charge in [0, 0.05) is 19.2 Å². The Morgan fingerprint density at radius 1 is 1.28 bits per heavy atom. The molecule has 0 spiro atoms. The highest BCUT2D eigenvalue weighted by atomic mass is 16.5. The summed E-state index contributed by atoms with van der Waals surface area (Å²) < 4.78 is 5.43. The van der Waals surface area contributed by atoms with Gasteiger partial charge >= 0.3 is 0 Å². The maximum atomic E-state index is 5.53. The van der Waals surface area contributed by atoms with Crippen molar-refractivity contribution in [3.63, 3.8) is 0 Å². The first-order valence-corrected chi connectivity index (χ1v) is 5.69. The van der Waals surface area contributed by atoms with E-state index >= 15 is 0 Å². The molecule has 0 atom stereocenters. The van der Waals surface area contributed by atoms with Crippen molar-refractivity contribution < 1.29 is 4.74 Å². The third-order valence-electron chi connectivity index (χ3n) is 2.13. The smallest absolute Gasteiger partial charge is 0.223 e. The molecule has 1 aromatic heterocycles. The number of hydrogen-bond acceptors (Lipinski definition) is 8. The van der Waals surface area contributed by atoms with E-state index in [4.69, 9.17) is 16.3 Å². The van der Waals surface area contributed by atoms with Gasteiger partial charge in [-0.25, -0.2) is 5.84 Å². The molecule has 0 aliphatic rings. The number of ether oxygens (including phenoxy) is 1. The number of nitrogens with one attached hydrogen (secondary N) is 2. The van der Waals surface area contributed by atoms with Gasteiger partial charge in [0.15, 0.2) is 0 Å². The average molecular weight is 255 g/mol. The predicted molar refractivity (Wildman–Crippen MR) is 72.1 cm³/mol. The zero-order valence-corrected chi connectivity index (χ0v) is 10.8. The zero-order chi connectivity index (χ0) is 13.4. The quantitative estimate of drug-likeness (QED) is 0.275. The molecule has 0 bridgehead atoms. The SMILES string of the molecule is CN(C)CCOCCNc1cc(NN)nc(N)n1. The third kappa shape index (κ3) is 5.62. The number of anilines is 3. The van der Waals surface area contributed by atoms with Crippen molar-refractivity contribution in [1.29, 1.82) is 0 Å². The molecule has 8 nitrogen and oxygen atoms in total. The van der Waals surface area contributed by atoms with Crippen molar-refractivity contribution in [2.75, 3.05) is 56.9 Å². The molecule has 0 amide bonds. The van der Waals surface area contributed by atoms with Crippen molar-refractivity contribution >= 4 is 17.6 Å². The van der Waals surface area contributed by atoms with E-state index in [2.05, 4.69) is 25.6 Å². The Labute approximate surface area is 107 Å². The summed E-state index contributed by atoms with van der Waals surface area (Å²) in [6.45, 7) is 2.86. The van der Waals surface area contributed by atoms with Gasteiger partial charge in [0.2, 0.25) is 5.95 Å². The Morgan fingerprint density at radius 2 is 2.00 bits per heavy atom. The molecule has 102 valence electrons. The Kier molecular flexibility index (Phi) is 6.12. The number of nitrogens with two attached hydrogens (primary N) is 2. The van der Waals surface area contributed by atoms with Crippen LogP contribution in [0.2, 0.25) is 0 Å². The summed E-state index contributed by atoms with van der Waals surface area (Å²) in [5.74, 6) is 6.51. The molecule has 0 fully saturated rings. The van der Waals surface area contributed by atoms with Crippen LogP contribution in [0.25, 0.3) is 0 Å². The molecule has 1 aromatic rings. The molecule has 0 unspecified atom stereocenters. The molecule has 1 rings (SSSR count). The first-order valence-electron chi connectivity index (χ1n) is 5.69. The van der Waals surface area contributed by atoms with Crippen molar-refractivity contribution in [2.24, 2.45) is 5.84 Å². The standard InChI is InChI=1S/C10H21N7O/c1-17(2)4-6-18-5-3-13-8-7-9(16-12)15-10(11)14-8/h7H,3-6,12H2,1-2H3,(H4,11,13,14,15,16). The summed E-state index contributed by atoms with van der Waals surface area (Å²) in [6.07, 6.45) is 0. The summed E-state index contributed by atoms with van der Waals surface area (Å²) in [4.78, 5) is 9.97. The van der Waals surface area contributed by atoms with Crippen LogP contribution >= 0.6 is 0 Å². The maximum absolute atomic E-state index is 5.53. The van der Waals surface area contributed by atoms with Crippen molar-refractivity contribution in [1.82, 2.24) is 14.9 Å². The van der Waals surface area contributed by atoms with Crippen LogP contribution in [0.1, 0.15) is 0 Å². The minimum absolute atomic E-state index is 0.168. The van der Waals surface area contributed by atoms with Crippen LogP contribution in [0.5, 0.6) is 0 Å². The fourth-order valence-corrected chi connectivity index (χ4v) is 1.23. The van der Waals surface area contributed by atoms with Gasteiger partial charge in [-0.15, -0.1) is 0 Å². The first-order chi connectivity index (χ1) is 8.61. The van der Waals surface area contributed by atoms with Crippen LogP contribution in [0.15, 0.2) is 6.07 Å². The molecule has 18 heavy (non-hydrogen) atoms. The number of hydrazine groups is 1. The molecule has 8 heteroatoms. The highest BCUT2D eigenvalue weighted by molar-refractivity contribution is 5.50. The highest BCUT2D eigenvalue weighted by Crippen LogP contribution is 2.10. The molecule has 0 aliphatic carbocycles. The lowest BCUT2D eigenvalue weighted by Gasteiger charge is -2.11. The van der Waals surface area contributed by atoms with Crippen LogP contribution < -0.4 is 22.3 Å². The van der Waals surface area contributed by atoms with E-state index in [1.165, 1.54) is 0 Å². The van der Waals surface area contributed by atoms with Gasteiger partial charge in [0.25, 0.3) is 0 Å². The molecule has 0 aromatic carbocycles. The molecular weight excluding hydrogens is 234 g/mol. The van der Waals surface area contributed by atoms with E-state index < -0.39 is 0 Å². The van der Waals surface area contributed by atoms with Crippen molar-refractivity contribution in [3.05, 3.63) is 6.07 Å². The normalized spacial score (nSPS) is 10.7. The van der Waals surface area contributed by atoms with E-state index in [1.54, 1.807) is 6.07 Å². The first kappa shape index (κ1) is 14.4. The highest BCUT2D eigenvalue weighted by Gasteiger charge is 2.00. The summed E-state index contributed by atoms with van der Waals surface area (Å²) >= 11 is 0. The zero-order valence-electron chi connectivity index (χ0n) is 10.8. The summed E-state index contributed by atoms with van der Waals surface area (Å²) in [5.41, 5.74) is 7.95. The fourth-order valence-electron chi connectivity index (χ4n) is 1.23. The molecule has 0 aliphatic heterocycles. The van der Waals surface area contributed by atoms with Crippen LogP contribution in [0, 0.1) is 0 Å². The minimum atomic E-state index is 0.168. The van der Waals surface area contributed by atoms with Crippen molar-refractivity contribution in [2.45, 2.75) is 0 Å². The van der Waals surface area contributed by atoms with Gasteiger partial charge in [-0.05, 0) is 14.1 Å². The van der Waals surface area contributed by atoms with E-state index in [9.17, 15) is 0 Å². The predicted octanol–water partition coefficient (Wildman–Crippen LogP) is -0.665. The van der Waals surface area contributed by atoms with Gasteiger partial charge in [0.1, 0.15) is 11.6 Å². The largest absolute Gasteiger partial charge is 0.378 e. The topological polar surface area (TPSA) is 114 Å². The van der Waals surface area contributed by atoms with Gasteiger partial charge in [-0.1, -0.05) is 0 Å². The van der Waals surface area contributed by atoms with E-state index in [1.807, 2.05) is 14.1 Å². The number of aromatic nitrogens is 2. The number of nitrogens with zero attached hydrogens (tertiary/aromatic N) is 3. The lowest BCUT2D eigenvalue weighted by atomic mass is 10.5. The van der Waals surface area contributed by atoms with Crippen LogP contribution in [-0.2, 0) is 4.74 Å². The third-order valence-corrected chi connectivity index (χ3v) is 2.13. The number of nitrogen functional groups attached to an aromatic ring is 2. The second-order valence-electron chi connectivity index (χ2n) is 3.98. The lowest BCUT2D eigenvalue weighted by Crippen LogP contribution is -2.20. The van der Waals surface area contributed by atoms with E-state index in [-0.39, 0.29) is 5.95 Å².